The maximum absolute atomic E-state index is 5.99. The van der Waals surface area contributed by atoms with Crippen molar-refractivity contribution >= 4 is 0 Å². The van der Waals surface area contributed by atoms with Crippen LogP contribution in [-0.4, -0.2) is 23.5 Å². The Kier molecular flexibility index (Phi) is 8.39. The van der Waals surface area contributed by atoms with Crippen LogP contribution in [0.15, 0.2) is 54.6 Å². The molecule has 1 heterocycles. The minimum absolute atomic E-state index is 0.797. The van der Waals surface area contributed by atoms with Crippen LogP contribution in [0.25, 0.3) is 11.3 Å². The van der Waals surface area contributed by atoms with Crippen molar-refractivity contribution in [3.05, 3.63) is 82.5 Å². The zero-order valence-electron chi connectivity index (χ0n) is 21.4. The highest BCUT2D eigenvalue weighted by atomic mass is 16.5. The van der Waals surface area contributed by atoms with E-state index in [-0.39, 0.29) is 0 Å². The molecule has 0 N–H and O–H groups in total. The summed E-state index contributed by atoms with van der Waals surface area (Å²) in [7, 11) is 1.80. The molecule has 0 radical (unpaired) electrons. The number of aromatic nitrogens is 1. The second-order valence-corrected chi connectivity index (χ2v) is 9.74. The van der Waals surface area contributed by atoms with Gasteiger partial charge < -0.3 is 4.74 Å². The summed E-state index contributed by atoms with van der Waals surface area (Å²) in [6, 6.07) is 19.7. The standard InChI is InChI=1S/C31H40N2O/c1-5-26-17-12-18-27(6-2)31(26)29-19-30(34-4)28(23(3)32-29)22-33(21-25-15-10-11-16-25)20-24-13-8-7-9-14-24/h7-9,12-14,17-19,25H,5-6,10-11,15-16,20-22H2,1-4H3. The molecule has 34 heavy (non-hydrogen) atoms. The molecule has 3 aromatic rings. The molecule has 2 aromatic carbocycles. The van der Waals surface area contributed by atoms with Crippen LogP contribution in [0.1, 0.15) is 67.5 Å². The largest absolute Gasteiger partial charge is 0.496 e. The summed E-state index contributed by atoms with van der Waals surface area (Å²) < 4.78 is 5.99. The highest BCUT2D eigenvalue weighted by molar-refractivity contribution is 5.70. The zero-order valence-corrected chi connectivity index (χ0v) is 21.4. The van der Waals surface area contributed by atoms with Gasteiger partial charge in [-0.15, -0.1) is 0 Å². The van der Waals surface area contributed by atoms with Crippen LogP contribution in [0, 0.1) is 12.8 Å². The molecular formula is C31H40N2O. The Hall–Kier alpha value is -2.65. The Labute approximate surface area is 206 Å². The van der Waals surface area contributed by atoms with Crippen LogP contribution in [-0.2, 0) is 25.9 Å². The average molecular weight is 457 g/mol. The third kappa shape index (κ3) is 5.70. The summed E-state index contributed by atoms with van der Waals surface area (Å²) in [6.07, 6.45) is 7.46. The first kappa shape index (κ1) is 24.5. The second-order valence-electron chi connectivity index (χ2n) is 9.74. The molecule has 0 bridgehead atoms. The Bertz CT molecular complexity index is 1050. The topological polar surface area (TPSA) is 25.4 Å². The molecule has 0 atom stereocenters. The van der Waals surface area contributed by atoms with Crippen molar-refractivity contribution in [1.82, 2.24) is 9.88 Å². The number of ether oxygens (including phenoxy) is 1. The Morgan fingerprint density at radius 3 is 2.21 bits per heavy atom. The number of rotatable bonds is 10. The van der Waals surface area contributed by atoms with Crippen LogP contribution in [0.5, 0.6) is 5.75 Å². The lowest BCUT2D eigenvalue weighted by atomic mass is 9.94. The predicted octanol–water partition coefficient (Wildman–Crippen LogP) is 7.38. The molecule has 0 aliphatic heterocycles. The van der Waals surface area contributed by atoms with Gasteiger partial charge in [0.1, 0.15) is 5.75 Å². The van der Waals surface area contributed by atoms with E-state index in [1.54, 1.807) is 7.11 Å². The average Bonchev–Trinajstić information content (AvgIpc) is 3.38. The first-order chi connectivity index (χ1) is 16.6. The first-order valence-electron chi connectivity index (χ1n) is 13.0. The second kappa shape index (κ2) is 11.7. The maximum Gasteiger partial charge on any atom is 0.127 e. The highest BCUT2D eigenvalue weighted by Gasteiger charge is 2.22. The van der Waals surface area contributed by atoms with Gasteiger partial charge in [0.05, 0.1) is 12.8 Å². The van der Waals surface area contributed by atoms with Crippen molar-refractivity contribution in [2.75, 3.05) is 13.7 Å². The molecule has 0 amide bonds. The van der Waals surface area contributed by atoms with E-state index in [4.69, 9.17) is 9.72 Å². The fraction of sp³-hybridized carbons (Fsp3) is 0.452. The number of hydrogen-bond acceptors (Lipinski definition) is 3. The molecule has 1 aliphatic carbocycles. The molecular weight excluding hydrogens is 416 g/mol. The van der Waals surface area contributed by atoms with Gasteiger partial charge in [-0.05, 0) is 55.2 Å². The third-order valence-corrected chi connectivity index (χ3v) is 7.39. The van der Waals surface area contributed by atoms with Crippen LogP contribution in [0.3, 0.4) is 0 Å². The summed E-state index contributed by atoms with van der Waals surface area (Å²) in [4.78, 5) is 7.76. The smallest absolute Gasteiger partial charge is 0.127 e. The molecule has 3 nitrogen and oxygen atoms in total. The van der Waals surface area contributed by atoms with E-state index in [1.807, 2.05) is 0 Å². The van der Waals surface area contributed by atoms with Crippen LogP contribution in [0.4, 0.5) is 0 Å². The van der Waals surface area contributed by atoms with Crippen LogP contribution < -0.4 is 4.74 Å². The summed E-state index contributed by atoms with van der Waals surface area (Å²) in [6.45, 7) is 9.56. The molecule has 3 heteroatoms. The predicted molar refractivity (Wildman–Crippen MR) is 142 cm³/mol. The molecule has 180 valence electrons. The van der Waals surface area contributed by atoms with Crippen molar-refractivity contribution in [3.8, 4) is 17.0 Å². The van der Waals surface area contributed by atoms with E-state index < -0.39 is 0 Å². The monoisotopic (exact) mass is 456 g/mol. The van der Waals surface area contributed by atoms with Crippen molar-refractivity contribution in [2.45, 2.75) is 72.4 Å². The summed E-state index contributed by atoms with van der Waals surface area (Å²) in [5, 5.41) is 0. The van der Waals surface area contributed by atoms with E-state index in [0.29, 0.717) is 0 Å². The first-order valence-corrected chi connectivity index (χ1v) is 13.0. The molecule has 0 spiro atoms. The lowest BCUT2D eigenvalue weighted by Gasteiger charge is -2.27. The van der Waals surface area contributed by atoms with Gasteiger partial charge in [0, 0.05) is 42.5 Å². The quantitative estimate of drug-likeness (QED) is 0.318. The van der Waals surface area contributed by atoms with Crippen molar-refractivity contribution < 1.29 is 4.74 Å². The lowest BCUT2D eigenvalue weighted by molar-refractivity contribution is 0.212. The number of methoxy groups -OCH3 is 1. The van der Waals surface area contributed by atoms with Crippen molar-refractivity contribution in [3.63, 3.8) is 0 Å². The van der Waals surface area contributed by atoms with Crippen LogP contribution >= 0.6 is 0 Å². The van der Waals surface area contributed by atoms with E-state index >= 15 is 0 Å². The molecule has 4 rings (SSSR count). The summed E-state index contributed by atoms with van der Waals surface area (Å²) >= 11 is 0. The van der Waals surface area contributed by atoms with Crippen molar-refractivity contribution in [2.24, 2.45) is 5.92 Å². The molecule has 0 unspecified atom stereocenters. The number of pyridine rings is 1. The molecule has 1 aliphatic rings. The van der Waals surface area contributed by atoms with Gasteiger partial charge in [-0.3, -0.25) is 9.88 Å². The van der Waals surface area contributed by atoms with Gasteiger partial charge in [0.15, 0.2) is 0 Å². The fourth-order valence-corrected chi connectivity index (χ4v) is 5.55. The van der Waals surface area contributed by atoms with E-state index in [1.165, 1.54) is 53.5 Å². The lowest BCUT2D eigenvalue weighted by Crippen LogP contribution is -2.28. The molecule has 0 saturated heterocycles. The van der Waals surface area contributed by atoms with Gasteiger partial charge >= 0.3 is 0 Å². The van der Waals surface area contributed by atoms with E-state index in [2.05, 4.69) is 80.3 Å². The number of nitrogens with zero attached hydrogens (tertiary/aromatic N) is 2. The molecule has 1 aromatic heterocycles. The minimum Gasteiger partial charge on any atom is -0.496 e. The van der Waals surface area contributed by atoms with Gasteiger partial charge in [-0.25, -0.2) is 0 Å². The Morgan fingerprint density at radius 1 is 0.912 bits per heavy atom. The van der Waals surface area contributed by atoms with Crippen LogP contribution in [0.2, 0.25) is 0 Å². The number of aryl methyl sites for hydroxylation is 3. The zero-order chi connectivity index (χ0) is 23.9. The molecule has 1 fully saturated rings. The molecule has 1 saturated carbocycles. The number of benzene rings is 2. The fourth-order valence-electron chi connectivity index (χ4n) is 5.55. The van der Waals surface area contributed by atoms with E-state index in [9.17, 15) is 0 Å². The Morgan fingerprint density at radius 2 is 1.59 bits per heavy atom. The summed E-state index contributed by atoms with van der Waals surface area (Å²) in [5.74, 6) is 1.76. The highest BCUT2D eigenvalue weighted by Crippen LogP contribution is 2.34. The Balaban J connectivity index is 1.67. The van der Waals surface area contributed by atoms with Gasteiger partial charge in [0.25, 0.3) is 0 Å². The van der Waals surface area contributed by atoms with Gasteiger partial charge in [-0.2, -0.15) is 0 Å². The van der Waals surface area contributed by atoms with Gasteiger partial charge in [0.2, 0.25) is 0 Å². The van der Waals surface area contributed by atoms with E-state index in [0.717, 1.165) is 55.5 Å². The summed E-state index contributed by atoms with van der Waals surface area (Å²) in [5.41, 5.74) is 8.69. The SMILES string of the molecule is CCc1cccc(CC)c1-c1cc(OC)c(CN(Cc2ccccc2)CC2CCCC2)c(C)n1. The van der Waals surface area contributed by atoms with Gasteiger partial charge in [-0.1, -0.05) is 75.2 Å². The maximum atomic E-state index is 5.99. The normalized spacial score (nSPS) is 14.1. The van der Waals surface area contributed by atoms with Crippen molar-refractivity contribution in [1.29, 1.82) is 0 Å². The minimum atomic E-state index is 0.797. The number of hydrogen-bond donors (Lipinski definition) is 0. The third-order valence-electron chi connectivity index (χ3n) is 7.39.